The molecule has 0 aliphatic carbocycles. The lowest BCUT2D eigenvalue weighted by Gasteiger charge is -2.34. The van der Waals surface area contributed by atoms with Gasteiger partial charge in [0.1, 0.15) is 0 Å². The summed E-state index contributed by atoms with van der Waals surface area (Å²) in [4.78, 5) is 33.9. The highest BCUT2D eigenvalue weighted by Crippen LogP contribution is 2.29. The molecule has 2 N–H and O–H groups in total. The number of halogens is 1. The second-order valence-electron chi connectivity index (χ2n) is 6.91. The van der Waals surface area contributed by atoms with Gasteiger partial charge in [-0.2, -0.15) is 0 Å². The predicted molar refractivity (Wildman–Crippen MR) is 121 cm³/mol. The van der Waals surface area contributed by atoms with E-state index in [0.29, 0.717) is 30.5 Å². The number of carbonyl (C=O) groups excluding carboxylic acids is 2. The van der Waals surface area contributed by atoms with Gasteiger partial charge in [0, 0.05) is 36.0 Å². The monoisotopic (exact) mass is 472 g/mol. The maximum Gasteiger partial charge on any atom is 0.408 e. The van der Waals surface area contributed by atoms with E-state index in [0.717, 1.165) is 24.1 Å². The average molecular weight is 473 g/mol. The second kappa shape index (κ2) is 14.7. The van der Waals surface area contributed by atoms with Crippen molar-refractivity contribution in [2.24, 2.45) is 0 Å². The second-order valence-corrected chi connectivity index (χ2v) is 8.51. The average Bonchev–Trinajstić information content (AvgIpc) is 2.70. The molecule has 31 heavy (non-hydrogen) atoms. The van der Waals surface area contributed by atoms with Crippen LogP contribution in [0.4, 0.5) is 4.79 Å². The molecule has 1 aromatic carbocycles. The number of carboxylic acids is 1. The lowest BCUT2D eigenvalue weighted by molar-refractivity contribution is -0.131. The molecule has 0 spiro atoms. The fourth-order valence-corrected chi connectivity index (χ4v) is 4.10. The molecule has 1 aliphatic heterocycles. The number of aliphatic carboxylic acids is 1. The molecule has 1 amide bonds. The molecule has 0 bridgehead atoms. The molecule has 1 atom stereocenters. The van der Waals surface area contributed by atoms with Gasteiger partial charge in [0.05, 0.1) is 19.1 Å². The van der Waals surface area contributed by atoms with E-state index in [1.165, 1.54) is 24.9 Å². The highest BCUT2D eigenvalue weighted by Gasteiger charge is 2.25. The number of amides is 1. The minimum atomic E-state index is -0.956. The first kappa shape index (κ1) is 26.8. The number of hydrogen-bond donors (Lipinski definition) is 2. The number of rotatable bonds is 8. The summed E-state index contributed by atoms with van der Waals surface area (Å²) in [7, 11) is 1.31. The molecule has 8 nitrogen and oxygen atoms in total. The summed E-state index contributed by atoms with van der Waals surface area (Å²) < 4.78 is 8.89. The Kier molecular flexibility index (Phi) is 12.7. The number of carbonyl (C=O) groups is 3. The van der Waals surface area contributed by atoms with Crippen LogP contribution in [-0.4, -0.2) is 66.0 Å². The number of hydrogen-bond acceptors (Lipinski definition) is 7. The van der Waals surface area contributed by atoms with Gasteiger partial charge in [-0.05, 0) is 37.5 Å². The van der Waals surface area contributed by atoms with E-state index < -0.39 is 12.1 Å². The maximum atomic E-state index is 11.6. The minimum Gasteiger partial charge on any atom is -0.478 e. The largest absolute Gasteiger partial charge is 0.478 e. The fraction of sp³-hybridized carbons (Fsp3) is 0.476. The summed E-state index contributed by atoms with van der Waals surface area (Å²) in [6.45, 7) is 6.01. The van der Waals surface area contributed by atoms with Crippen LogP contribution in [0, 0.1) is 0 Å². The first-order chi connectivity index (χ1) is 14.8. The molecule has 1 fully saturated rings. The van der Waals surface area contributed by atoms with Crippen molar-refractivity contribution >= 4 is 41.9 Å². The first-order valence-corrected chi connectivity index (χ1v) is 11.1. The van der Waals surface area contributed by atoms with E-state index in [1.807, 2.05) is 24.3 Å². The molecular formula is C21H29ClN2O6S. The van der Waals surface area contributed by atoms with Crippen molar-refractivity contribution in [2.45, 2.75) is 38.2 Å². The van der Waals surface area contributed by atoms with Gasteiger partial charge in [-0.1, -0.05) is 29.8 Å². The number of likely N-dealkylation sites (tertiary alicyclic amines) is 1. The number of nitrogens with zero attached hydrogens (tertiary/aromatic N) is 1. The lowest BCUT2D eigenvalue weighted by Crippen LogP contribution is -2.37. The van der Waals surface area contributed by atoms with Crippen LogP contribution in [-0.2, 0) is 25.6 Å². The van der Waals surface area contributed by atoms with E-state index >= 15 is 0 Å². The van der Waals surface area contributed by atoms with E-state index in [2.05, 4.69) is 15.0 Å². The Labute approximate surface area is 191 Å². The van der Waals surface area contributed by atoms with Crippen molar-refractivity contribution in [1.82, 2.24) is 10.2 Å². The number of piperidine rings is 1. The normalized spacial score (nSPS) is 17.5. The Morgan fingerprint density at radius 2 is 2.06 bits per heavy atom. The summed E-state index contributed by atoms with van der Waals surface area (Å²) in [6, 6.07) is 7.67. The number of thioether (sulfide) groups is 1. The third kappa shape index (κ3) is 11.1. The van der Waals surface area contributed by atoms with Gasteiger partial charge in [0.2, 0.25) is 0 Å². The van der Waals surface area contributed by atoms with E-state index in [-0.39, 0.29) is 11.4 Å². The molecule has 0 aromatic heterocycles. The van der Waals surface area contributed by atoms with Crippen molar-refractivity contribution in [3.8, 4) is 0 Å². The number of ether oxygens (including phenoxy) is 2. The molecule has 1 saturated heterocycles. The molecule has 10 heteroatoms. The Balaban J connectivity index is 0.00000110. The summed E-state index contributed by atoms with van der Waals surface area (Å²) in [5, 5.41) is 12.6. The Morgan fingerprint density at radius 1 is 1.39 bits per heavy atom. The highest BCUT2D eigenvalue weighted by atomic mass is 35.5. The zero-order valence-electron chi connectivity index (χ0n) is 17.9. The van der Waals surface area contributed by atoms with Crippen LogP contribution in [0.3, 0.4) is 0 Å². The van der Waals surface area contributed by atoms with Gasteiger partial charge < -0.3 is 19.9 Å². The van der Waals surface area contributed by atoms with E-state index in [1.54, 1.807) is 13.8 Å². The van der Waals surface area contributed by atoms with Crippen molar-refractivity contribution < 1.29 is 29.0 Å². The molecule has 0 radical (unpaired) electrons. The Hall–Kier alpha value is -2.23. The van der Waals surface area contributed by atoms with Crippen molar-refractivity contribution in [2.75, 3.05) is 26.1 Å². The molecular weight excluding hydrogens is 444 g/mol. The summed E-state index contributed by atoms with van der Waals surface area (Å²) in [6.07, 6.45) is 1.45. The number of alkyl carbamates (subject to hydrolysis) is 1. The topological polar surface area (TPSA) is 105 Å². The third-order valence-electron chi connectivity index (χ3n) is 4.13. The molecule has 1 unspecified atom stereocenters. The van der Waals surface area contributed by atoms with Crippen molar-refractivity contribution in [3.05, 3.63) is 46.5 Å². The van der Waals surface area contributed by atoms with Crippen molar-refractivity contribution in [3.63, 3.8) is 0 Å². The Morgan fingerprint density at radius 3 is 2.65 bits per heavy atom. The zero-order chi connectivity index (χ0) is 23.2. The van der Waals surface area contributed by atoms with Crippen LogP contribution in [0.15, 0.2) is 35.9 Å². The molecule has 0 saturated carbocycles. The quantitative estimate of drug-likeness (QED) is 0.336. The SMILES string of the molecule is CC(C)OC(=O)NCSC1CCN(Cc2ccccc2Cl)C/C1=C\C(=O)O.COC=O. The zero-order valence-corrected chi connectivity index (χ0v) is 19.4. The van der Waals surface area contributed by atoms with Crippen LogP contribution in [0.2, 0.25) is 5.02 Å². The molecule has 1 heterocycles. The first-order valence-electron chi connectivity index (χ1n) is 9.68. The number of nitrogens with one attached hydrogen (secondary N) is 1. The van der Waals surface area contributed by atoms with Gasteiger partial charge in [0.15, 0.2) is 0 Å². The van der Waals surface area contributed by atoms with Gasteiger partial charge >= 0.3 is 12.1 Å². The highest BCUT2D eigenvalue weighted by molar-refractivity contribution is 8.00. The number of methoxy groups -OCH3 is 1. The predicted octanol–water partition coefficient (Wildman–Crippen LogP) is 3.54. The lowest BCUT2D eigenvalue weighted by atomic mass is 10.0. The van der Waals surface area contributed by atoms with Gasteiger partial charge in [-0.15, -0.1) is 11.8 Å². The van der Waals surface area contributed by atoms with Gasteiger partial charge in [0.25, 0.3) is 6.47 Å². The fourth-order valence-electron chi connectivity index (χ4n) is 2.87. The van der Waals surface area contributed by atoms with Crippen molar-refractivity contribution in [1.29, 1.82) is 0 Å². The van der Waals surface area contributed by atoms with Crippen LogP contribution in [0.25, 0.3) is 0 Å². The maximum absolute atomic E-state index is 11.6. The van der Waals surface area contributed by atoms with Crippen LogP contribution < -0.4 is 5.32 Å². The van der Waals surface area contributed by atoms with Crippen LogP contribution >= 0.6 is 23.4 Å². The molecule has 2 rings (SSSR count). The number of carboxylic acid groups (broad SMARTS) is 1. The standard InChI is InChI=1S/C19H25ClN2O4S.C2H4O2/c1-13(2)26-19(25)21-12-27-17-7-8-22(11-15(17)9-18(23)24)10-14-5-3-4-6-16(14)20;1-4-2-3/h3-6,9,13,17H,7-8,10-12H2,1-2H3,(H,21,25)(H,23,24);2H,1H3/b15-9+;. The smallest absolute Gasteiger partial charge is 0.408 e. The molecule has 172 valence electrons. The van der Waals surface area contributed by atoms with E-state index in [9.17, 15) is 14.7 Å². The molecule has 1 aromatic rings. The number of benzene rings is 1. The van der Waals surface area contributed by atoms with E-state index in [4.69, 9.17) is 21.1 Å². The summed E-state index contributed by atoms with van der Waals surface area (Å²) >= 11 is 7.75. The van der Waals surface area contributed by atoms with Gasteiger partial charge in [-0.3, -0.25) is 9.69 Å². The third-order valence-corrected chi connectivity index (χ3v) is 5.75. The Bertz CT molecular complexity index is 759. The molecule has 1 aliphatic rings. The minimum absolute atomic E-state index is 0.0444. The summed E-state index contributed by atoms with van der Waals surface area (Å²) in [5.74, 6) is -0.583. The summed E-state index contributed by atoms with van der Waals surface area (Å²) in [5.41, 5.74) is 1.86. The van der Waals surface area contributed by atoms with Crippen LogP contribution in [0.1, 0.15) is 25.8 Å². The van der Waals surface area contributed by atoms with Gasteiger partial charge in [-0.25, -0.2) is 9.59 Å². The van der Waals surface area contributed by atoms with Crippen LogP contribution in [0.5, 0.6) is 0 Å².